The number of nitrogens with two attached hydrogens (primary N) is 1. The molecule has 1 aromatic rings. The lowest BCUT2D eigenvalue weighted by Crippen LogP contribution is -2.49. The zero-order chi connectivity index (χ0) is 26.0. The van der Waals surface area contributed by atoms with E-state index in [2.05, 4.69) is 93.5 Å². The lowest BCUT2D eigenvalue weighted by atomic mass is 9.48. The molecular weight excluding hydrogens is 422 g/mol. The maximum Gasteiger partial charge on any atom is 0.00446 e. The Balaban J connectivity index is 1.58. The van der Waals surface area contributed by atoms with Crippen LogP contribution in [0.2, 0.25) is 0 Å². The molecule has 1 nitrogen and oxygen atoms in total. The summed E-state index contributed by atoms with van der Waals surface area (Å²) >= 11 is 0. The third-order valence-electron chi connectivity index (χ3n) is 11.1. The second-order valence-electron chi connectivity index (χ2n) is 16.6. The molecule has 0 saturated heterocycles. The van der Waals surface area contributed by atoms with Crippen molar-refractivity contribution in [3.05, 3.63) is 35.4 Å². The van der Waals surface area contributed by atoms with Crippen LogP contribution in [0, 0.1) is 45.3 Å². The van der Waals surface area contributed by atoms with Crippen LogP contribution in [0.5, 0.6) is 0 Å². The lowest BCUT2D eigenvalue weighted by Gasteiger charge is -2.56. The van der Waals surface area contributed by atoms with E-state index in [0.29, 0.717) is 33.6 Å². The Hall–Kier alpha value is -0.820. The van der Waals surface area contributed by atoms with Gasteiger partial charge in [-0.15, -0.1) is 0 Å². The van der Waals surface area contributed by atoms with Gasteiger partial charge in [-0.2, -0.15) is 0 Å². The first-order chi connectivity index (χ1) is 16.0. The van der Waals surface area contributed by atoms with Gasteiger partial charge in [0, 0.05) is 6.04 Å². The van der Waals surface area contributed by atoms with Gasteiger partial charge in [0.2, 0.25) is 0 Å². The smallest absolute Gasteiger partial charge is 0.00446 e. The summed E-state index contributed by atoms with van der Waals surface area (Å²) in [6.45, 7) is 25.3. The van der Waals surface area contributed by atoms with Crippen molar-refractivity contribution in [3.8, 4) is 0 Å². The molecule has 0 aliphatic heterocycles. The van der Waals surface area contributed by atoms with E-state index in [-0.39, 0.29) is 0 Å². The first-order valence-electron chi connectivity index (χ1n) is 14.9. The second kappa shape index (κ2) is 9.18. The molecule has 3 aliphatic rings. The van der Waals surface area contributed by atoms with Crippen LogP contribution in [0.3, 0.4) is 0 Å². The van der Waals surface area contributed by atoms with Gasteiger partial charge in [-0.1, -0.05) is 99.9 Å². The predicted molar refractivity (Wildman–Crippen MR) is 153 cm³/mol. The van der Waals surface area contributed by atoms with Crippen LogP contribution in [0.1, 0.15) is 137 Å². The number of rotatable bonds is 5. The monoisotopic (exact) mass is 479 g/mol. The van der Waals surface area contributed by atoms with Gasteiger partial charge in [0.15, 0.2) is 0 Å². The molecular formula is C34H57N. The molecule has 3 saturated carbocycles. The molecule has 7 atom stereocenters. The van der Waals surface area contributed by atoms with E-state index >= 15 is 0 Å². The van der Waals surface area contributed by atoms with Crippen molar-refractivity contribution in [2.24, 2.45) is 51.1 Å². The Morgan fingerprint density at radius 2 is 1.34 bits per heavy atom. The summed E-state index contributed by atoms with van der Waals surface area (Å²) in [6, 6.07) is 10.3. The van der Waals surface area contributed by atoms with E-state index in [0.717, 1.165) is 29.6 Å². The normalized spacial score (nSPS) is 34.4. The summed E-state index contributed by atoms with van der Waals surface area (Å²) in [4.78, 5) is 0. The fraction of sp³-hybridized carbons (Fsp3) is 0.824. The molecule has 3 aliphatic carbocycles. The van der Waals surface area contributed by atoms with Crippen molar-refractivity contribution in [3.63, 3.8) is 0 Å². The minimum atomic E-state index is 0.321. The van der Waals surface area contributed by atoms with Crippen LogP contribution in [0.25, 0.3) is 0 Å². The van der Waals surface area contributed by atoms with E-state index < -0.39 is 0 Å². The Bertz CT molecular complexity index is 861. The van der Waals surface area contributed by atoms with Crippen molar-refractivity contribution in [1.82, 2.24) is 0 Å². The highest BCUT2D eigenvalue weighted by molar-refractivity contribution is 5.31. The topological polar surface area (TPSA) is 26.0 Å². The highest BCUT2D eigenvalue weighted by Crippen LogP contribution is 2.69. The lowest BCUT2D eigenvalue weighted by molar-refractivity contribution is -0.0715. The number of fused-ring (bicyclic) bond motifs is 2. The minimum Gasteiger partial charge on any atom is -0.328 e. The Kier molecular flexibility index (Phi) is 7.14. The van der Waals surface area contributed by atoms with Crippen molar-refractivity contribution < 1.29 is 0 Å². The van der Waals surface area contributed by atoms with Crippen LogP contribution in [-0.2, 0) is 0 Å². The number of hydrogen-bond donors (Lipinski definition) is 1. The summed E-state index contributed by atoms with van der Waals surface area (Å²) in [5, 5.41) is 0. The van der Waals surface area contributed by atoms with Crippen LogP contribution < -0.4 is 5.73 Å². The predicted octanol–water partition coefficient (Wildman–Crippen LogP) is 9.56. The van der Waals surface area contributed by atoms with E-state index in [1.165, 1.54) is 50.5 Å². The number of hydrogen-bond acceptors (Lipinski definition) is 1. The summed E-state index contributed by atoms with van der Waals surface area (Å²) < 4.78 is 0. The molecule has 7 unspecified atom stereocenters. The van der Waals surface area contributed by atoms with Gasteiger partial charge in [-0.3, -0.25) is 0 Å². The first-order valence-corrected chi connectivity index (χ1v) is 14.9. The van der Waals surface area contributed by atoms with Gasteiger partial charge in [0.1, 0.15) is 0 Å². The van der Waals surface area contributed by atoms with Crippen LogP contribution in [0.15, 0.2) is 24.3 Å². The zero-order valence-electron chi connectivity index (χ0n) is 24.9. The third-order valence-corrected chi connectivity index (χ3v) is 11.1. The Labute approximate surface area is 218 Å². The minimum absolute atomic E-state index is 0.321. The van der Waals surface area contributed by atoms with Gasteiger partial charge in [0.05, 0.1) is 0 Å². The quantitative estimate of drug-likeness (QED) is 0.447. The molecule has 35 heavy (non-hydrogen) atoms. The highest BCUT2D eigenvalue weighted by Gasteiger charge is 2.62. The molecule has 1 aromatic carbocycles. The molecule has 0 aromatic heterocycles. The van der Waals surface area contributed by atoms with Crippen molar-refractivity contribution >= 4 is 0 Å². The average Bonchev–Trinajstić information content (AvgIpc) is 3.31. The fourth-order valence-electron chi connectivity index (χ4n) is 9.51. The van der Waals surface area contributed by atoms with E-state index in [4.69, 9.17) is 5.73 Å². The molecule has 0 spiro atoms. The van der Waals surface area contributed by atoms with Crippen LogP contribution in [-0.4, -0.2) is 6.04 Å². The zero-order valence-corrected chi connectivity index (χ0v) is 24.9. The average molecular weight is 480 g/mol. The standard InChI is InChI=1S/C34H57N/c1-31(2,3)21-33(7,8)34(9,10)29-25-19-27(28(20-25)30(29)32(4,5)6)23-16-14-22(15-17-23)24-12-11-13-26(35)18-24/h14-17,24-30H,11-13,18-21,35H2,1-10H3. The Morgan fingerprint density at radius 3 is 1.89 bits per heavy atom. The van der Waals surface area contributed by atoms with E-state index in [1.807, 2.05) is 0 Å². The SMILES string of the molecule is CC(C)(C)CC(C)(C)C(C)(C)C1C2CC(c3ccc(C4CCCC(N)C4)cc3)C(C2)C1C(C)(C)C. The highest BCUT2D eigenvalue weighted by atomic mass is 14.7. The van der Waals surface area contributed by atoms with E-state index in [1.54, 1.807) is 5.56 Å². The Morgan fingerprint density at radius 1 is 0.743 bits per heavy atom. The summed E-state index contributed by atoms with van der Waals surface area (Å²) in [7, 11) is 0. The molecule has 3 fully saturated rings. The fourth-order valence-corrected chi connectivity index (χ4v) is 9.51. The molecule has 4 rings (SSSR count). The van der Waals surface area contributed by atoms with Crippen molar-refractivity contribution in [2.75, 3.05) is 0 Å². The van der Waals surface area contributed by atoms with Crippen LogP contribution in [0.4, 0.5) is 0 Å². The third kappa shape index (κ3) is 5.28. The van der Waals surface area contributed by atoms with Crippen LogP contribution >= 0.6 is 0 Å². The first kappa shape index (κ1) is 27.2. The summed E-state index contributed by atoms with van der Waals surface area (Å²) in [6.07, 6.45) is 9.09. The van der Waals surface area contributed by atoms with Crippen molar-refractivity contribution in [1.29, 1.82) is 0 Å². The molecule has 2 N–H and O–H groups in total. The second-order valence-corrected chi connectivity index (χ2v) is 16.6. The molecule has 2 bridgehead atoms. The maximum atomic E-state index is 6.30. The summed E-state index contributed by atoms with van der Waals surface area (Å²) in [5.41, 5.74) is 10.8. The van der Waals surface area contributed by atoms with Gasteiger partial charge in [-0.05, 0) is 107 Å². The maximum absolute atomic E-state index is 6.30. The van der Waals surface area contributed by atoms with Gasteiger partial charge >= 0.3 is 0 Å². The van der Waals surface area contributed by atoms with Gasteiger partial charge in [0.25, 0.3) is 0 Å². The molecule has 1 heteroatoms. The van der Waals surface area contributed by atoms with Gasteiger partial charge < -0.3 is 5.73 Å². The summed E-state index contributed by atoms with van der Waals surface area (Å²) in [5.74, 6) is 4.69. The number of benzene rings is 1. The molecule has 198 valence electrons. The largest absolute Gasteiger partial charge is 0.328 e. The van der Waals surface area contributed by atoms with E-state index in [9.17, 15) is 0 Å². The van der Waals surface area contributed by atoms with Gasteiger partial charge in [-0.25, -0.2) is 0 Å². The van der Waals surface area contributed by atoms with Crippen molar-refractivity contribution in [2.45, 2.75) is 132 Å². The molecule has 0 amide bonds. The molecule has 0 heterocycles. The molecule has 0 radical (unpaired) electrons.